The highest BCUT2D eigenvalue weighted by Gasteiger charge is 2.28. The van der Waals surface area contributed by atoms with Gasteiger partial charge in [0.25, 0.3) is 0 Å². The number of benzene rings is 2. The normalized spacial score (nSPS) is 15.8. The molecule has 1 fully saturated rings. The number of anilines is 1. The molecule has 3 aromatic rings. The molecule has 7 nitrogen and oxygen atoms in total. The smallest absolute Gasteiger partial charge is 0.321 e. The molecule has 1 saturated heterocycles. The van der Waals surface area contributed by atoms with E-state index in [0.29, 0.717) is 26.2 Å². The van der Waals surface area contributed by atoms with Gasteiger partial charge in [-0.25, -0.2) is 4.79 Å². The van der Waals surface area contributed by atoms with Gasteiger partial charge < -0.3 is 15.5 Å². The van der Waals surface area contributed by atoms with Gasteiger partial charge in [-0.2, -0.15) is 5.10 Å². The zero-order valence-corrected chi connectivity index (χ0v) is 19.3. The average Bonchev–Trinajstić information content (AvgIpc) is 3.10. The fourth-order valence-electron chi connectivity index (χ4n) is 4.32. The van der Waals surface area contributed by atoms with E-state index < -0.39 is 0 Å². The number of hydrogen-bond acceptors (Lipinski definition) is 3. The van der Waals surface area contributed by atoms with Gasteiger partial charge in [-0.1, -0.05) is 48.5 Å². The van der Waals surface area contributed by atoms with Crippen molar-refractivity contribution in [2.75, 3.05) is 18.4 Å². The monoisotopic (exact) mass is 445 g/mol. The molecule has 0 aliphatic carbocycles. The van der Waals surface area contributed by atoms with Gasteiger partial charge in [-0.05, 0) is 44.4 Å². The molecular formula is C26H31N5O2. The first-order chi connectivity index (χ1) is 16.0. The maximum Gasteiger partial charge on any atom is 0.321 e. The van der Waals surface area contributed by atoms with Crippen molar-refractivity contribution >= 4 is 17.6 Å². The highest BCUT2D eigenvalue weighted by Crippen LogP contribution is 2.19. The van der Waals surface area contributed by atoms with Crippen LogP contribution in [0.4, 0.5) is 10.5 Å². The molecule has 4 rings (SSSR count). The van der Waals surface area contributed by atoms with Crippen molar-refractivity contribution in [3.05, 3.63) is 83.2 Å². The van der Waals surface area contributed by atoms with Crippen LogP contribution in [0.25, 0.3) is 0 Å². The van der Waals surface area contributed by atoms with Gasteiger partial charge in [-0.3, -0.25) is 9.48 Å². The maximum absolute atomic E-state index is 12.9. The summed E-state index contributed by atoms with van der Waals surface area (Å²) in [6.07, 6.45) is 1.60. The number of nitrogens with zero attached hydrogens (tertiary/aromatic N) is 3. The van der Waals surface area contributed by atoms with Crippen LogP contribution in [0.2, 0.25) is 0 Å². The topological polar surface area (TPSA) is 79.3 Å². The number of hydrogen-bond donors (Lipinski definition) is 2. The first-order valence-electron chi connectivity index (χ1n) is 11.5. The van der Waals surface area contributed by atoms with E-state index in [1.165, 1.54) is 5.56 Å². The molecule has 3 amide bonds. The van der Waals surface area contributed by atoms with Crippen LogP contribution in [0.5, 0.6) is 0 Å². The number of rotatable bonds is 6. The molecule has 2 N–H and O–H groups in total. The van der Waals surface area contributed by atoms with Gasteiger partial charge in [0.1, 0.15) is 0 Å². The Hall–Kier alpha value is -3.61. The average molecular weight is 446 g/mol. The molecule has 1 aliphatic rings. The van der Waals surface area contributed by atoms with E-state index in [0.717, 1.165) is 35.5 Å². The van der Waals surface area contributed by atoms with E-state index in [4.69, 9.17) is 0 Å². The van der Waals surface area contributed by atoms with Crippen LogP contribution in [0.1, 0.15) is 35.4 Å². The van der Waals surface area contributed by atoms with E-state index in [1.54, 1.807) is 4.90 Å². The number of likely N-dealkylation sites (tertiary alicyclic amines) is 1. The molecule has 172 valence electrons. The molecule has 1 aromatic heterocycles. The van der Waals surface area contributed by atoms with Crippen LogP contribution < -0.4 is 10.6 Å². The number of para-hydroxylation sites is 1. The fourth-order valence-corrected chi connectivity index (χ4v) is 4.32. The summed E-state index contributed by atoms with van der Waals surface area (Å²) in [4.78, 5) is 27.3. The second kappa shape index (κ2) is 10.3. The largest absolute Gasteiger partial charge is 0.352 e. The summed E-state index contributed by atoms with van der Waals surface area (Å²) in [5.41, 5.74) is 4.98. The van der Waals surface area contributed by atoms with Crippen molar-refractivity contribution in [2.24, 2.45) is 5.92 Å². The van der Waals surface area contributed by atoms with E-state index in [9.17, 15) is 9.59 Å². The van der Waals surface area contributed by atoms with E-state index in [1.807, 2.05) is 67.1 Å². The minimum Gasteiger partial charge on any atom is -0.352 e. The summed E-state index contributed by atoms with van der Waals surface area (Å²) in [6.45, 7) is 6.25. The zero-order chi connectivity index (χ0) is 23.2. The van der Waals surface area contributed by atoms with Crippen molar-refractivity contribution in [2.45, 2.75) is 39.8 Å². The van der Waals surface area contributed by atoms with Crippen molar-refractivity contribution in [1.29, 1.82) is 0 Å². The summed E-state index contributed by atoms with van der Waals surface area (Å²) in [6, 6.07) is 19.4. The number of amides is 3. The predicted molar refractivity (Wildman–Crippen MR) is 129 cm³/mol. The van der Waals surface area contributed by atoms with Crippen molar-refractivity contribution < 1.29 is 9.59 Å². The van der Waals surface area contributed by atoms with E-state index in [2.05, 4.69) is 27.9 Å². The van der Waals surface area contributed by atoms with Gasteiger partial charge in [-0.15, -0.1) is 0 Å². The first kappa shape index (κ1) is 22.6. The first-order valence-corrected chi connectivity index (χ1v) is 11.5. The lowest BCUT2D eigenvalue weighted by Gasteiger charge is -2.32. The van der Waals surface area contributed by atoms with Crippen LogP contribution in [-0.2, 0) is 17.9 Å². The summed E-state index contributed by atoms with van der Waals surface area (Å²) in [5, 5.41) is 10.7. The van der Waals surface area contributed by atoms with Gasteiger partial charge in [0, 0.05) is 36.6 Å². The Bertz CT molecular complexity index is 1090. The molecule has 0 saturated carbocycles. The van der Waals surface area contributed by atoms with E-state index >= 15 is 0 Å². The Balaban J connectivity index is 1.33. The van der Waals surface area contributed by atoms with Crippen LogP contribution in [0.3, 0.4) is 0 Å². The number of aromatic nitrogens is 2. The van der Waals surface area contributed by atoms with Gasteiger partial charge in [0.15, 0.2) is 0 Å². The summed E-state index contributed by atoms with van der Waals surface area (Å²) in [7, 11) is 0. The van der Waals surface area contributed by atoms with E-state index in [-0.39, 0.29) is 17.9 Å². The zero-order valence-electron chi connectivity index (χ0n) is 19.3. The Kier molecular flexibility index (Phi) is 7.07. The molecular weight excluding hydrogens is 414 g/mol. The van der Waals surface area contributed by atoms with Crippen LogP contribution >= 0.6 is 0 Å². The standard InChI is InChI=1S/C26H31N5O2/c1-19-24(20(2)31(29-19)17-21-10-5-3-6-11-21)16-27-25(32)22-12-9-15-30(18-22)26(33)28-23-13-7-4-8-14-23/h3-8,10-11,13-14,22H,9,12,15-18H2,1-2H3,(H,27,32)(H,28,33). The highest BCUT2D eigenvalue weighted by molar-refractivity contribution is 5.90. The lowest BCUT2D eigenvalue weighted by Crippen LogP contribution is -2.46. The van der Waals surface area contributed by atoms with Crippen LogP contribution in [0, 0.1) is 19.8 Å². The molecule has 0 spiro atoms. The lowest BCUT2D eigenvalue weighted by molar-refractivity contribution is -0.126. The highest BCUT2D eigenvalue weighted by atomic mass is 16.2. The Morgan fingerprint density at radius 1 is 1.03 bits per heavy atom. The van der Waals surface area contributed by atoms with Gasteiger partial charge in [0.2, 0.25) is 5.91 Å². The predicted octanol–water partition coefficient (Wildman–Crippen LogP) is 4.11. The Labute approximate surface area is 194 Å². The quantitative estimate of drug-likeness (QED) is 0.599. The Morgan fingerprint density at radius 2 is 1.73 bits per heavy atom. The minimum atomic E-state index is -0.208. The van der Waals surface area contributed by atoms with Crippen molar-refractivity contribution in [3.63, 3.8) is 0 Å². The van der Waals surface area contributed by atoms with Crippen LogP contribution in [-0.4, -0.2) is 39.7 Å². The summed E-state index contributed by atoms with van der Waals surface area (Å²) >= 11 is 0. The second-order valence-electron chi connectivity index (χ2n) is 8.59. The Morgan fingerprint density at radius 3 is 2.45 bits per heavy atom. The maximum atomic E-state index is 12.9. The lowest BCUT2D eigenvalue weighted by atomic mass is 9.97. The molecule has 7 heteroatoms. The minimum absolute atomic E-state index is 0.0122. The number of carbonyl (C=O) groups is 2. The SMILES string of the molecule is Cc1nn(Cc2ccccc2)c(C)c1CNC(=O)C1CCCN(C(=O)Nc2ccccc2)C1. The summed E-state index contributed by atoms with van der Waals surface area (Å²) in [5.74, 6) is -0.220. The number of carbonyl (C=O) groups excluding carboxylic acids is 2. The molecule has 1 aliphatic heterocycles. The van der Waals surface area contributed by atoms with Gasteiger partial charge >= 0.3 is 6.03 Å². The van der Waals surface area contributed by atoms with Crippen molar-refractivity contribution in [1.82, 2.24) is 20.0 Å². The second-order valence-corrected chi connectivity index (χ2v) is 8.59. The third-order valence-electron chi connectivity index (χ3n) is 6.25. The molecule has 33 heavy (non-hydrogen) atoms. The van der Waals surface area contributed by atoms with Gasteiger partial charge in [0.05, 0.1) is 18.2 Å². The molecule has 2 aromatic carbocycles. The molecule has 1 unspecified atom stereocenters. The van der Waals surface area contributed by atoms with Crippen molar-refractivity contribution in [3.8, 4) is 0 Å². The number of urea groups is 1. The molecule has 0 radical (unpaired) electrons. The number of piperidine rings is 1. The molecule has 0 bridgehead atoms. The number of nitrogens with one attached hydrogen (secondary N) is 2. The fraction of sp³-hybridized carbons (Fsp3) is 0.346. The molecule has 1 atom stereocenters. The summed E-state index contributed by atoms with van der Waals surface area (Å²) < 4.78 is 1.99. The molecule has 2 heterocycles. The third kappa shape index (κ3) is 5.61. The number of aryl methyl sites for hydroxylation is 1. The third-order valence-corrected chi connectivity index (χ3v) is 6.25. The van der Waals surface area contributed by atoms with Crippen LogP contribution in [0.15, 0.2) is 60.7 Å².